The lowest BCUT2D eigenvalue weighted by Gasteiger charge is -2.10. The number of carboxylic acids is 1. The van der Waals surface area contributed by atoms with Crippen molar-refractivity contribution in [2.24, 2.45) is 0 Å². The van der Waals surface area contributed by atoms with E-state index in [1.807, 2.05) is 42.5 Å². The highest BCUT2D eigenvalue weighted by atomic mass is 32.1. The van der Waals surface area contributed by atoms with Crippen LogP contribution in [0.3, 0.4) is 0 Å². The molecule has 0 spiro atoms. The lowest BCUT2D eigenvalue weighted by molar-refractivity contribution is 0.0690. The van der Waals surface area contributed by atoms with Gasteiger partial charge in [-0.25, -0.2) is 4.79 Å². The maximum Gasteiger partial charge on any atom is 0.354 e. The lowest BCUT2D eigenvalue weighted by Crippen LogP contribution is -2.19. The van der Waals surface area contributed by atoms with Gasteiger partial charge in [0.05, 0.1) is 10.6 Å². The van der Waals surface area contributed by atoms with E-state index in [4.69, 9.17) is 5.73 Å². The van der Waals surface area contributed by atoms with E-state index in [2.05, 4.69) is 0 Å². The van der Waals surface area contributed by atoms with Gasteiger partial charge in [-0.3, -0.25) is 9.20 Å². The highest BCUT2D eigenvalue weighted by Crippen LogP contribution is 2.38. The van der Waals surface area contributed by atoms with Crippen molar-refractivity contribution in [3.8, 4) is 16.2 Å². The van der Waals surface area contributed by atoms with Crippen molar-refractivity contribution in [1.82, 2.24) is 4.40 Å². The minimum atomic E-state index is -1.22. The first-order chi connectivity index (χ1) is 15.8. The second-order valence-corrected chi connectivity index (χ2v) is 8.96. The van der Waals surface area contributed by atoms with Gasteiger partial charge in [0.25, 0.3) is 5.56 Å². The van der Waals surface area contributed by atoms with Gasteiger partial charge in [0.15, 0.2) is 5.69 Å². The summed E-state index contributed by atoms with van der Waals surface area (Å²) >= 11 is 1.16. The number of nitrogen functional groups attached to an aromatic ring is 1. The highest BCUT2D eigenvalue weighted by Gasteiger charge is 2.24. The third-order valence-electron chi connectivity index (χ3n) is 5.86. The van der Waals surface area contributed by atoms with Gasteiger partial charge in [-0.2, -0.15) is 0 Å². The molecule has 3 aromatic carbocycles. The number of aromatic nitrogens is 1. The van der Waals surface area contributed by atoms with Crippen LogP contribution >= 0.6 is 11.3 Å². The van der Waals surface area contributed by atoms with Crippen LogP contribution in [0.15, 0.2) is 71.5 Å². The molecule has 0 aliphatic heterocycles. The first kappa shape index (κ1) is 20.8. The van der Waals surface area contributed by atoms with Gasteiger partial charge in [-0.1, -0.05) is 42.5 Å². The summed E-state index contributed by atoms with van der Waals surface area (Å²) in [6.07, 6.45) is 0.451. The summed E-state index contributed by atoms with van der Waals surface area (Å²) in [7, 11) is 0. The van der Waals surface area contributed by atoms with Crippen molar-refractivity contribution in [3.05, 3.63) is 99.5 Å². The predicted octanol–water partition coefficient (Wildman–Crippen LogP) is 5.07. The van der Waals surface area contributed by atoms with Crippen molar-refractivity contribution < 1.29 is 15.0 Å². The number of carboxylic acid groups (broad SMARTS) is 1. The second-order valence-electron chi connectivity index (χ2n) is 7.96. The Morgan fingerprint density at radius 2 is 1.79 bits per heavy atom. The molecule has 0 aliphatic rings. The number of pyridine rings is 1. The minimum absolute atomic E-state index is 0.116. The number of anilines is 1. The van der Waals surface area contributed by atoms with Crippen molar-refractivity contribution in [2.75, 3.05) is 5.73 Å². The van der Waals surface area contributed by atoms with Crippen molar-refractivity contribution >= 4 is 38.6 Å². The number of nitrogens with two attached hydrogens (primary N) is 1. The van der Waals surface area contributed by atoms with E-state index in [-0.39, 0.29) is 11.4 Å². The molecule has 4 N–H and O–H groups in total. The van der Waals surface area contributed by atoms with E-state index < -0.39 is 11.5 Å². The van der Waals surface area contributed by atoms with Crippen LogP contribution in [0.1, 0.15) is 27.2 Å². The topological polar surface area (TPSA) is 105 Å². The number of rotatable bonds is 4. The van der Waals surface area contributed by atoms with Crippen LogP contribution in [0.25, 0.3) is 26.0 Å². The van der Waals surface area contributed by atoms with Crippen LogP contribution in [0.4, 0.5) is 5.69 Å². The zero-order chi connectivity index (χ0) is 23.3. The maximum atomic E-state index is 13.1. The average Bonchev–Trinajstić information content (AvgIpc) is 3.21. The molecular formula is C26H20N2O4S. The molecule has 2 heterocycles. The molecule has 33 heavy (non-hydrogen) atoms. The van der Waals surface area contributed by atoms with Crippen molar-refractivity contribution in [1.29, 1.82) is 0 Å². The molecule has 6 nitrogen and oxygen atoms in total. The molecule has 5 aromatic rings. The Morgan fingerprint density at radius 1 is 1.03 bits per heavy atom. The number of aromatic carboxylic acids is 1. The van der Waals surface area contributed by atoms with Gasteiger partial charge in [-0.05, 0) is 58.1 Å². The summed E-state index contributed by atoms with van der Waals surface area (Å²) in [5.41, 5.74) is 9.23. The zero-order valence-electron chi connectivity index (χ0n) is 17.7. The van der Waals surface area contributed by atoms with Gasteiger partial charge >= 0.3 is 5.97 Å². The Bertz CT molecular complexity index is 1630. The predicted molar refractivity (Wildman–Crippen MR) is 132 cm³/mol. The SMILES string of the molecule is Cc1cc(-c2sc3c(N)c(Cc4cccc5ccccc45)cc(=O)n3c2C(=O)O)ccc1O. The normalized spacial score (nSPS) is 11.3. The summed E-state index contributed by atoms with van der Waals surface area (Å²) in [5, 5.41) is 22.0. The number of aryl methyl sites for hydroxylation is 1. The number of hydrogen-bond donors (Lipinski definition) is 3. The van der Waals surface area contributed by atoms with Crippen LogP contribution < -0.4 is 11.3 Å². The van der Waals surface area contributed by atoms with Gasteiger partial charge in [0.2, 0.25) is 0 Å². The summed E-state index contributed by atoms with van der Waals surface area (Å²) in [6, 6.07) is 20.3. The molecule has 0 saturated heterocycles. The first-order valence-corrected chi connectivity index (χ1v) is 11.1. The molecule has 0 saturated carbocycles. The Morgan fingerprint density at radius 3 is 2.55 bits per heavy atom. The number of benzene rings is 3. The second kappa shape index (κ2) is 7.79. The molecule has 164 valence electrons. The van der Waals surface area contributed by atoms with E-state index in [9.17, 15) is 19.8 Å². The van der Waals surface area contributed by atoms with E-state index in [0.717, 1.165) is 27.7 Å². The standard InChI is InChI=1S/C26H20N2O4S/c1-14-11-17(9-10-20(14)29)24-23(26(31)32)28-21(30)13-18(22(27)25(28)33-24)12-16-7-4-6-15-5-2-3-8-19(15)16/h2-11,13,29H,12,27H2,1H3,(H,31,32). The maximum absolute atomic E-state index is 13.1. The Hall–Kier alpha value is -4.10. The third-order valence-corrected chi connectivity index (χ3v) is 7.09. The third kappa shape index (κ3) is 3.43. The molecule has 5 rings (SSSR count). The average molecular weight is 457 g/mol. The van der Waals surface area contributed by atoms with Crippen LogP contribution in [0.5, 0.6) is 5.75 Å². The smallest absolute Gasteiger partial charge is 0.354 e. The van der Waals surface area contributed by atoms with Gasteiger partial charge in [0.1, 0.15) is 10.6 Å². The molecule has 7 heteroatoms. The molecule has 0 bridgehead atoms. The van der Waals surface area contributed by atoms with Gasteiger partial charge < -0.3 is 15.9 Å². The molecule has 2 aromatic heterocycles. The molecule has 0 unspecified atom stereocenters. The van der Waals surface area contributed by atoms with Crippen LogP contribution in [-0.4, -0.2) is 20.6 Å². The quantitative estimate of drug-likeness (QED) is 0.350. The Kier molecular flexibility index (Phi) is 4.91. The number of fused-ring (bicyclic) bond motifs is 2. The fraction of sp³-hybridized carbons (Fsp3) is 0.0769. The highest BCUT2D eigenvalue weighted by molar-refractivity contribution is 7.21. The van der Waals surface area contributed by atoms with E-state index in [0.29, 0.717) is 38.5 Å². The summed E-state index contributed by atoms with van der Waals surface area (Å²) in [4.78, 5) is 26.1. The largest absolute Gasteiger partial charge is 0.508 e. The van der Waals surface area contributed by atoms with E-state index >= 15 is 0 Å². The lowest BCUT2D eigenvalue weighted by atomic mass is 9.98. The Balaban J connectivity index is 1.72. The molecular weight excluding hydrogens is 436 g/mol. The number of carbonyl (C=O) groups is 1. The minimum Gasteiger partial charge on any atom is -0.508 e. The fourth-order valence-electron chi connectivity index (χ4n) is 4.19. The van der Waals surface area contributed by atoms with Crippen LogP contribution in [0.2, 0.25) is 0 Å². The monoisotopic (exact) mass is 456 g/mol. The summed E-state index contributed by atoms with van der Waals surface area (Å²) in [5.74, 6) is -1.10. The number of aromatic hydroxyl groups is 1. The van der Waals surface area contributed by atoms with Crippen LogP contribution in [0, 0.1) is 6.92 Å². The first-order valence-electron chi connectivity index (χ1n) is 10.3. The van der Waals surface area contributed by atoms with Crippen molar-refractivity contribution in [3.63, 3.8) is 0 Å². The zero-order valence-corrected chi connectivity index (χ0v) is 18.5. The Labute approximate surface area is 192 Å². The molecule has 0 atom stereocenters. The molecule has 0 amide bonds. The van der Waals surface area contributed by atoms with Gasteiger partial charge in [0, 0.05) is 12.5 Å². The van der Waals surface area contributed by atoms with Gasteiger partial charge in [-0.15, -0.1) is 11.3 Å². The molecule has 0 fully saturated rings. The number of phenolic OH excluding ortho intramolecular Hbond substituents is 1. The number of thiazole rings is 1. The van der Waals surface area contributed by atoms with Crippen molar-refractivity contribution in [2.45, 2.75) is 13.3 Å². The number of phenols is 1. The number of nitrogens with zero attached hydrogens (tertiary/aromatic N) is 1. The molecule has 0 radical (unpaired) electrons. The summed E-state index contributed by atoms with van der Waals surface area (Å²) in [6.45, 7) is 1.73. The van der Waals surface area contributed by atoms with Crippen LogP contribution in [-0.2, 0) is 6.42 Å². The summed E-state index contributed by atoms with van der Waals surface area (Å²) < 4.78 is 1.17. The molecule has 0 aliphatic carbocycles. The number of hydrogen-bond acceptors (Lipinski definition) is 5. The fourth-order valence-corrected chi connectivity index (χ4v) is 5.42. The van der Waals surface area contributed by atoms with E-state index in [1.54, 1.807) is 19.1 Å². The van der Waals surface area contributed by atoms with E-state index in [1.165, 1.54) is 16.5 Å².